The minimum atomic E-state index is -0.254. The number of rotatable bonds is 7. The number of azide groups is 1. The fraction of sp³-hybridized carbons (Fsp3) is 0.727. The van der Waals surface area contributed by atoms with Gasteiger partial charge in [0, 0.05) is 17.4 Å². The van der Waals surface area contributed by atoms with Crippen LogP contribution in [0.3, 0.4) is 0 Å². The van der Waals surface area contributed by atoms with E-state index in [2.05, 4.69) is 21.3 Å². The molecule has 0 amide bonds. The highest BCUT2D eigenvalue weighted by Gasteiger charge is 2.21. The molecule has 0 saturated carbocycles. The Balaban J connectivity index is 4.49. The van der Waals surface area contributed by atoms with Gasteiger partial charge in [0.05, 0.1) is 7.11 Å². The molecule has 2 atom stereocenters. The zero-order valence-electron chi connectivity index (χ0n) is 10.1. The third-order valence-electron chi connectivity index (χ3n) is 2.52. The molecule has 0 aliphatic carbocycles. The number of nitrogens with zero attached hydrogens (tertiary/aromatic N) is 3. The van der Waals surface area contributed by atoms with Gasteiger partial charge in [-0.2, -0.15) is 0 Å². The van der Waals surface area contributed by atoms with Crippen molar-refractivity contribution in [3.05, 3.63) is 23.1 Å². The van der Waals surface area contributed by atoms with Gasteiger partial charge in [-0.05, 0) is 23.8 Å². The lowest BCUT2D eigenvalue weighted by atomic mass is 9.88. The van der Waals surface area contributed by atoms with Crippen molar-refractivity contribution in [2.75, 3.05) is 7.11 Å². The van der Waals surface area contributed by atoms with Crippen molar-refractivity contribution in [2.45, 2.75) is 32.7 Å². The van der Waals surface area contributed by atoms with Crippen LogP contribution in [0.4, 0.5) is 0 Å². The van der Waals surface area contributed by atoms with Gasteiger partial charge in [-0.3, -0.25) is 4.79 Å². The van der Waals surface area contributed by atoms with Gasteiger partial charge < -0.3 is 4.74 Å². The fourth-order valence-corrected chi connectivity index (χ4v) is 1.59. The molecular weight excluding hydrogens is 206 g/mol. The van der Waals surface area contributed by atoms with E-state index in [4.69, 9.17) is 5.53 Å². The maximum Gasteiger partial charge on any atom is 0.305 e. The molecule has 0 N–H and O–H groups in total. The molecule has 0 heterocycles. The Morgan fingerprint density at radius 2 is 2.25 bits per heavy atom. The normalized spacial score (nSPS) is 13.8. The summed E-state index contributed by atoms with van der Waals surface area (Å²) < 4.78 is 4.57. The summed E-state index contributed by atoms with van der Waals surface area (Å²) in [5, 5.41) is 3.76. The number of hydrogen-bond donors (Lipinski definition) is 0. The van der Waals surface area contributed by atoms with Crippen molar-refractivity contribution in [3.63, 3.8) is 0 Å². The highest BCUT2D eigenvalue weighted by Crippen LogP contribution is 2.22. The number of esters is 1. The van der Waals surface area contributed by atoms with E-state index in [1.165, 1.54) is 7.11 Å². The Morgan fingerprint density at radius 3 is 2.62 bits per heavy atom. The van der Waals surface area contributed by atoms with Gasteiger partial charge in [0.1, 0.15) is 0 Å². The lowest BCUT2D eigenvalue weighted by molar-refractivity contribution is -0.140. The van der Waals surface area contributed by atoms with Crippen LogP contribution >= 0.6 is 0 Å². The molecule has 5 nitrogen and oxygen atoms in total. The summed E-state index contributed by atoms with van der Waals surface area (Å²) in [6, 6.07) is -0.160. The van der Waals surface area contributed by atoms with Crippen molar-refractivity contribution in [1.29, 1.82) is 0 Å². The molecule has 90 valence electrons. The number of carbonyl (C=O) groups excluding carboxylic acids is 1. The molecule has 5 heteroatoms. The predicted molar refractivity (Wildman–Crippen MR) is 62.7 cm³/mol. The van der Waals surface area contributed by atoms with Crippen molar-refractivity contribution in [1.82, 2.24) is 0 Å². The Hall–Kier alpha value is -1.48. The molecule has 0 aromatic heterocycles. The first-order chi connectivity index (χ1) is 7.56. The monoisotopic (exact) mass is 225 g/mol. The first-order valence-corrected chi connectivity index (χ1v) is 5.30. The maximum atomic E-state index is 11.0. The average molecular weight is 225 g/mol. The van der Waals surface area contributed by atoms with E-state index in [0.29, 0.717) is 12.8 Å². The zero-order valence-corrected chi connectivity index (χ0v) is 10.1. The molecule has 0 saturated heterocycles. The van der Waals surface area contributed by atoms with Gasteiger partial charge >= 0.3 is 5.97 Å². The van der Waals surface area contributed by atoms with Crippen molar-refractivity contribution < 1.29 is 9.53 Å². The number of methoxy groups -OCH3 is 1. The lowest BCUT2D eigenvalue weighted by Gasteiger charge is -2.23. The van der Waals surface area contributed by atoms with E-state index in [9.17, 15) is 4.79 Å². The van der Waals surface area contributed by atoms with E-state index in [1.807, 2.05) is 13.8 Å². The molecule has 0 rings (SSSR count). The van der Waals surface area contributed by atoms with Crippen LogP contribution in [-0.4, -0.2) is 19.1 Å². The van der Waals surface area contributed by atoms with Gasteiger partial charge in [0.25, 0.3) is 0 Å². The van der Waals surface area contributed by atoms with Gasteiger partial charge in [0.2, 0.25) is 0 Å². The third kappa shape index (κ3) is 4.84. The van der Waals surface area contributed by atoms with E-state index in [0.717, 1.165) is 0 Å². The second kappa shape index (κ2) is 7.77. The van der Waals surface area contributed by atoms with Crippen LogP contribution in [0.15, 0.2) is 17.8 Å². The molecule has 0 bridgehead atoms. The molecule has 2 unspecified atom stereocenters. The molecule has 0 radical (unpaired) electrons. The molecule has 0 aliphatic rings. The largest absolute Gasteiger partial charge is 0.469 e. The Morgan fingerprint density at radius 1 is 1.62 bits per heavy atom. The van der Waals surface area contributed by atoms with Gasteiger partial charge in [-0.1, -0.05) is 25.0 Å². The topological polar surface area (TPSA) is 75.1 Å². The summed E-state index contributed by atoms with van der Waals surface area (Å²) >= 11 is 0. The fourth-order valence-electron chi connectivity index (χ4n) is 1.59. The second-order valence-electron chi connectivity index (χ2n) is 3.95. The number of carbonyl (C=O) groups is 1. The lowest BCUT2D eigenvalue weighted by Crippen LogP contribution is -2.23. The summed E-state index contributed by atoms with van der Waals surface area (Å²) in [6.07, 6.45) is 2.65. The predicted octanol–water partition coefficient (Wildman–Crippen LogP) is 3.08. The van der Waals surface area contributed by atoms with E-state index < -0.39 is 0 Å². The molecular formula is C11H19N3O2. The quantitative estimate of drug-likeness (QED) is 0.219. The van der Waals surface area contributed by atoms with E-state index >= 15 is 0 Å². The molecule has 0 aliphatic heterocycles. The standard InChI is InChI=1S/C11H19N3O2/c1-5-9(6-7-10(15)16-4)11(8(2)3)13-14-12/h5,8-9,11H,1,6-7H2,2-4H3. The molecule has 16 heavy (non-hydrogen) atoms. The second-order valence-corrected chi connectivity index (χ2v) is 3.95. The SMILES string of the molecule is C=CC(CCC(=O)OC)C(N=[N+]=[N-])C(C)C. The first-order valence-electron chi connectivity index (χ1n) is 5.30. The first kappa shape index (κ1) is 14.5. The van der Waals surface area contributed by atoms with Crippen molar-refractivity contribution >= 4 is 5.97 Å². The van der Waals surface area contributed by atoms with Crippen LogP contribution in [0.2, 0.25) is 0 Å². The average Bonchev–Trinajstić information content (AvgIpc) is 2.27. The van der Waals surface area contributed by atoms with Crippen LogP contribution < -0.4 is 0 Å². The summed E-state index contributed by atoms with van der Waals surface area (Å²) in [5.74, 6) is -0.0261. The zero-order chi connectivity index (χ0) is 12.6. The Bertz CT molecular complexity index is 283. The smallest absolute Gasteiger partial charge is 0.305 e. The van der Waals surface area contributed by atoms with Gasteiger partial charge in [-0.15, -0.1) is 6.58 Å². The van der Waals surface area contributed by atoms with E-state index in [-0.39, 0.29) is 23.8 Å². The van der Waals surface area contributed by atoms with E-state index in [1.54, 1.807) is 6.08 Å². The number of hydrogen-bond acceptors (Lipinski definition) is 3. The summed E-state index contributed by atoms with van der Waals surface area (Å²) in [6.45, 7) is 7.68. The Labute approximate surface area is 96.1 Å². The van der Waals surface area contributed by atoms with Crippen LogP contribution in [0.1, 0.15) is 26.7 Å². The van der Waals surface area contributed by atoms with Crippen LogP contribution in [0.25, 0.3) is 10.4 Å². The summed E-state index contributed by atoms with van der Waals surface area (Å²) in [7, 11) is 1.36. The maximum absolute atomic E-state index is 11.0. The minimum Gasteiger partial charge on any atom is -0.469 e. The number of ether oxygens (including phenoxy) is 1. The highest BCUT2D eigenvalue weighted by molar-refractivity contribution is 5.69. The molecule has 0 aromatic rings. The van der Waals surface area contributed by atoms with Crippen LogP contribution in [0.5, 0.6) is 0 Å². The van der Waals surface area contributed by atoms with Crippen LogP contribution in [0, 0.1) is 11.8 Å². The van der Waals surface area contributed by atoms with Gasteiger partial charge in [0.15, 0.2) is 0 Å². The highest BCUT2D eigenvalue weighted by atomic mass is 16.5. The van der Waals surface area contributed by atoms with Crippen molar-refractivity contribution in [2.24, 2.45) is 17.0 Å². The Kier molecular flexibility index (Phi) is 7.05. The molecule has 0 aromatic carbocycles. The van der Waals surface area contributed by atoms with Crippen LogP contribution in [-0.2, 0) is 9.53 Å². The molecule has 0 fully saturated rings. The summed E-state index contributed by atoms with van der Waals surface area (Å²) in [5.41, 5.74) is 8.49. The molecule has 0 spiro atoms. The van der Waals surface area contributed by atoms with Crippen molar-refractivity contribution in [3.8, 4) is 0 Å². The third-order valence-corrected chi connectivity index (χ3v) is 2.52. The summed E-state index contributed by atoms with van der Waals surface area (Å²) in [4.78, 5) is 13.9. The van der Waals surface area contributed by atoms with Gasteiger partial charge in [-0.25, -0.2) is 0 Å². The minimum absolute atomic E-state index is 0.00926.